The van der Waals surface area contributed by atoms with Gasteiger partial charge in [0.1, 0.15) is 11.5 Å². The first kappa shape index (κ1) is 19.9. The molecule has 30 heavy (non-hydrogen) atoms. The second-order valence-electron chi connectivity index (χ2n) is 7.21. The number of hydrogen-bond acceptors (Lipinski definition) is 4. The smallest absolute Gasteiger partial charge is 0.337 e. The van der Waals surface area contributed by atoms with Crippen molar-refractivity contribution in [3.8, 4) is 11.4 Å². The average Bonchev–Trinajstić information content (AvgIpc) is 3.00. The third-order valence-corrected chi connectivity index (χ3v) is 5.19. The number of benzene rings is 1. The molecule has 1 amide bonds. The molecule has 0 aliphatic carbocycles. The van der Waals surface area contributed by atoms with E-state index in [2.05, 4.69) is 15.2 Å². The molecule has 0 fully saturated rings. The Morgan fingerprint density at radius 2 is 1.90 bits per heavy atom. The average molecular weight is 416 g/mol. The lowest BCUT2D eigenvalue weighted by atomic mass is 9.92. The van der Waals surface area contributed by atoms with E-state index in [1.54, 1.807) is 31.0 Å². The van der Waals surface area contributed by atoms with E-state index in [1.165, 1.54) is 12.4 Å². The summed E-state index contributed by atoms with van der Waals surface area (Å²) in [5.74, 6) is -1.65. The normalized spacial score (nSPS) is 14.7. The summed E-state index contributed by atoms with van der Waals surface area (Å²) in [4.78, 5) is 18.1. The van der Waals surface area contributed by atoms with Gasteiger partial charge in [0.25, 0.3) is 5.91 Å². The summed E-state index contributed by atoms with van der Waals surface area (Å²) >= 11 is 0. The highest BCUT2D eigenvalue weighted by Crippen LogP contribution is 2.35. The predicted octanol–water partition coefficient (Wildman–Crippen LogP) is 4.43. The molecule has 0 radical (unpaired) electrons. The van der Waals surface area contributed by atoms with Crippen LogP contribution in [0.25, 0.3) is 11.4 Å². The topological polar surface area (TPSA) is 59.0 Å². The van der Waals surface area contributed by atoms with Crippen LogP contribution in [-0.2, 0) is 12.7 Å². The van der Waals surface area contributed by atoms with Crippen LogP contribution in [0.3, 0.4) is 0 Å². The standard InChI is InChI=1S/C21H16F4N4O/c1-11(12-5-14(21(23,24)25)8-15(22)6-12)13-7-18(28-27-9-13)19-17-10-29(2)20(30)16(17)3-4-26-19/h3-9,11H,10H2,1-2H3. The molecular weight excluding hydrogens is 400 g/mol. The first-order valence-electron chi connectivity index (χ1n) is 9.09. The summed E-state index contributed by atoms with van der Waals surface area (Å²) in [5, 5.41) is 8.05. The van der Waals surface area contributed by atoms with Crippen molar-refractivity contribution in [3.63, 3.8) is 0 Å². The Labute approximate surface area is 169 Å². The molecule has 0 saturated carbocycles. The quantitative estimate of drug-likeness (QED) is 0.593. The Hall–Kier alpha value is -3.36. The number of fused-ring (bicyclic) bond motifs is 1. The third kappa shape index (κ3) is 3.51. The van der Waals surface area contributed by atoms with Crippen molar-refractivity contribution < 1.29 is 22.4 Å². The Morgan fingerprint density at radius 1 is 1.13 bits per heavy atom. The van der Waals surface area contributed by atoms with Crippen molar-refractivity contribution >= 4 is 5.91 Å². The molecule has 1 aliphatic heterocycles. The summed E-state index contributed by atoms with van der Waals surface area (Å²) in [6.07, 6.45) is -1.72. The SMILES string of the molecule is CC(c1cc(F)cc(C(F)(F)F)c1)c1cnnc(-c2nccc3c2CN(C)C3=O)c1. The molecule has 4 rings (SSSR count). The lowest BCUT2D eigenvalue weighted by Gasteiger charge is -2.16. The summed E-state index contributed by atoms with van der Waals surface area (Å²) in [6.45, 7) is 2.04. The van der Waals surface area contributed by atoms with Gasteiger partial charge in [-0.15, -0.1) is 5.10 Å². The van der Waals surface area contributed by atoms with Crippen LogP contribution in [0, 0.1) is 5.82 Å². The number of pyridine rings is 1. The van der Waals surface area contributed by atoms with Crippen molar-refractivity contribution in [2.45, 2.75) is 25.6 Å². The Morgan fingerprint density at radius 3 is 2.63 bits per heavy atom. The second-order valence-corrected chi connectivity index (χ2v) is 7.21. The van der Waals surface area contributed by atoms with Crippen LogP contribution >= 0.6 is 0 Å². The van der Waals surface area contributed by atoms with E-state index in [0.29, 0.717) is 40.7 Å². The highest BCUT2D eigenvalue weighted by Gasteiger charge is 2.32. The first-order chi connectivity index (χ1) is 14.1. The molecule has 5 nitrogen and oxygen atoms in total. The number of alkyl halides is 3. The lowest BCUT2D eigenvalue weighted by molar-refractivity contribution is -0.137. The van der Waals surface area contributed by atoms with Gasteiger partial charge >= 0.3 is 6.18 Å². The third-order valence-electron chi connectivity index (χ3n) is 5.19. The molecule has 0 N–H and O–H groups in total. The highest BCUT2D eigenvalue weighted by atomic mass is 19.4. The lowest BCUT2D eigenvalue weighted by Crippen LogP contribution is -2.17. The molecule has 0 bridgehead atoms. The summed E-state index contributed by atoms with van der Waals surface area (Å²) < 4.78 is 53.0. The van der Waals surface area contributed by atoms with Crippen LogP contribution in [-0.4, -0.2) is 33.0 Å². The van der Waals surface area contributed by atoms with Crippen LogP contribution in [0.4, 0.5) is 17.6 Å². The van der Waals surface area contributed by atoms with Crippen LogP contribution in [0.5, 0.6) is 0 Å². The number of nitrogens with zero attached hydrogens (tertiary/aromatic N) is 4. The molecule has 154 valence electrons. The molecule has 3 aromatic rings. The molecular formula is C21H16F4N4O. The minimum atomic E-state index is -4.65. The summed E-state index contributed by atoms with van der Waals surface area (Å²) in [7, 11) is 1.68. The number of carbonyl (C=O) groups is 1. The van der Waals surface area contributed by atoms with Gasteiger partial charge in [0.2, 0.25) is 0 Å². The van der Waals surface area contributed by atoms with E-state index in [4.69, 9.17) is 0 Å². The molecule has 2 aromatic heterocycles. The van der Waals surface area contributed by atoms with E-state index >= 15 is 0 Å². The van der Waals surface area contributed by atoms with Crippen LogP contribution in [0.2, 0.25) is 0 Å². The Balaban J connectivity index is 1.74. The number of carbonyl (C=O) groups excluding carboxylic acids is 1. The molecule has 3 heterocycles. The molecule has 0 saturated heterocycles. The van der Waals surface area contributed by atoms with Crippen molar-refractivity contribution in [1.29, 1.82) is 0 Å². The van der Waals surface area contributed by atoms with Crippen LogP contribution in [0.1, 0.15) is 45.5 Å². The molecule has 1 unspecified atom stereocenters. The maximum absolute atomic E-state index is 13.8. The minimum absolute atomic E-state index is 0.120. The van der Waals surface area contributed by atoms with Gasteiger partial charge in [0.05, 0.1) is 17.5 Å². The van der Waals surface area contributed by atoms with E-state index in [1.807, 2.05) is 0 Å². The van der Waals surface area contributed by atoms with Gasteiger partial charge in [-0.2, -0.15) is 18.3 Å². The number of amides is 1. The number of halogens is 4. The first-order valence-corrected chi connectivity index (χ1v) is 9.09. The number of hydrogen-bond donors (Lipinski definition) is 0. The van der Waals surface area contributed by atoms with Crippen molar-refractivity contribution in [2.75, 3.05) is 7.05 Å². The van der Waals surface area contributed by atoms with Gasteiger partial charge in [0.15, 0.2) is 0 Å². The number of rotatable bonds is 3. The predicted molar refractivity (Wildman–Crippen MR) is 100.0 cm³/mol. The van der Waals surface area contributed by atoms with Gasteiger partial charge in [-0.05, 0) is 41.5 Å². The van der Waals surface area contributed by atoms with E-state index in [0.717, 1.165) is 12.1 Å². The maximum atomic E-state index is 13.8. The van der Waals surface area contributed by atoms with Gasteiger partial charge in [-0.3, -0.25) is 9.78 Å². The minimum Gasteiger partial charge on any atom is -0.337 e. The van der Waals surface area contributed by atoms with Gasteiger partial charge in [0, 0.05) is 36.8 Å². The Bertz CT molecular complexity index is 1150. The summed E-state index contributed by atoms with van der Waals surface area (Å²) in [6, 6.07) is 5.76. The van der Waals surface area contributed by atoms with Gasteiger partial charge in [-0.1, -0.05) is 6.92 Å². The molecule has 1 atom stereocenters. The van der Waals surface area contributed by atoms with Crippen molar-refractivity contribution in [3.05, 3.63) is 76.4 Å². The maximum Gasteiger partial charge on any atom is 0.416 e. The van der Waals surface area contributed by atoms with Gasteiger partial charge in [-0.25, -0.2) is 4.39 Å². The fourth-order valence-corrected chi connectivity index (χ4v) is 3.54. The van der Waals surface area contributed by atoms with Crippen LogP contribution < -0.4 is 0 Å². The Kier molecular flexibility index (Phi) is 4.76. The monoisotopic (exact) mass is 416 g/mol. The number of aromatic nitrogens is 3. The zero-order valence-electron chi connectivity index (χ0n) is 16.0. The van der Waals surface area contributed by atoms with E-state index in [-0.39, 0.29) is 11.5 Å². The molecule has 0 spiro atoms. The zero-order chi connectivity index (χ0) is 21.6. The largest absolute Gasteiger partial charge is 0.416 e. The fourth-order valence-electron chi connectivity index (χ4n) is 3.54. The molecule has 1 aliphatic rings. The van der Waals surface area contributed by atoms with E-state index in [9.17, 15) is 22.4 Å². The summed E-state index contributed by atoms with van der Waals surface area (Å²) in [5.41, 5.74) is 1.81. The van der Waals surface area contributed by atoms with E-state index < -0.39 is 23.5 Å². The molecule has 9 heteroatoms. The van der Waals surface area contributed by atoms with Crippen molar-refractivity contribution in [1.82, 2.24) is 20.1 Å². The van der Waals surface area contributed by atoms with Gasteiger partial charge < -0.3 is 4.90 Å². The fraction of sp³-hybridized carbons (Fsp3) is 0.238. The molecule has 1 aromatic carbocycles. The highest BCUT2D eigenvalue weighted by molar-refractivity contribution is 5.99. The zero-order valence-corrected chi connectivity index (χ0v) is 16.0. The second kappa shape index (κ2) is 7.16. The van der Waals surface area contributed by atoms with Crippen molar-refractivity contribution in [2.24, 2.45) is 0 Å². The van der Waals surface area contributed by atoms with Crippen LogP contribution in [0.15, 0.2) is 42.7 Å².